The maximum atomic E-state index is 12.3. The predicted molar refractivity (Wildman–Crippen MR) is 109 cm³/mol. The van der Waals surface area contributed by atoms with E-state index in [1.54, 1.807) is 42.6 Å². The number of carbonyl (C=O) groups is 1. The minimum absolute atomic E-state index is 0.131. The zero-order valence-corrected chi connectivity index (χ0v) is 15.6. The molecule has 140 valence electrons. The van der Waals surface area contributed by atoms with Crippen LogP contribution in [0.4, 0.5) is 17.1 Å². The third kappa shape index (κ3) is 5.08. The first kappa shape index (κ1) is 18.9. The Balaban J connectivity index is 1.60. The maximum Gasteiger partial charge on any atom is 0.274 e. The van der Waals surface area contributed by atoms with E-state index in [0.717, 1.165) is 17.1 Å². The third-order valence-electron chi connectivity index (χ3n) is 3.78. The Labute approximate surface area is 163 Å². The molecule has 0 radical (unpaired) electrons. The lowest BCUT2D eigenvalue weighted by Crippen LogP contribution is -2.13. The molecule has 3 rings (SSSR count). The van der Waals surface area contributed by atoms with Crippen molar-refractivity contribution in [3.05, 3.63) is 78.1 Å². The van der Waals surface area contributed by atoms with Crippen molar-refractivity contribution in [1.29, 1.82) is 5.26 Å². The topological polar surface area (TPSA) is 87.0 Å². The van der Waals surface area contributed by atoms with Crippen molar-refractivity contribution in [3.63, 3.8) is 0 Å². The highest BCUT2D eigenvalue weighted by molar-refractivity contribution is 6.03. The minimum atomic E-state index is -0.313. The van der Waals surface area contributed by atoms with Crippen molar-refractivity contribution < 1.29 is 9.53 Å². The van der Waals surface area contributed by atoms with Crippen LogP contribution in [0.5, 0.6) is 5.75 Å². The van der Waals surface area contributed by atoms with Gasteiger partial charge in [-0.3, -0.25) is 4.79 Å². The molecular formula is C22H20N4O2. The molecule has 6 heteroatoms. The highest BCUT2D eigenvalue weighted by atomic mass is 16.5. The lowest BCUT2D eigenvalue weighted by atomic mass is 10.2. The predicted octanol–water partition coefficient (Wildman–Crippen LogP) is 4.74. The van der Waals surface area contributed by atoms with Crippen LogP contribution in [0.2, 0.25) is 0 Å². The minimum Gasteiger partial charge on any atom is -0.491 e. The molecule has 2 N–H and O–H groups in total. The summed E-state index contributed by atoms with van der Waals surface area (Å²) in [5.74, 6) is 0.500. The summed E-state index contributed by atoms with van der Waals surface area (Å²) in [6.45, 7) is 3.97. The van der Waals surface area contributed by atoms with E-state index >= 15 is 0 Å². The highest BCUT2D eigenvalue weighted by Gasteiger charge is 2.08. The summed E-state index contributed by atoms with van der Waals surface area (Å²) in [7, 11) is 0. The Morgan fingerprint density at radius 1 is 0.964 bits per heavy atom. The largest absolute Gasteiger partial charge is 0.491 e. The van der Waals surface area contributed by atoms with Gasteiger partial charge in [0.1, 0.15) is 11.4 Å². The molecule has 0 aliphatic rings. The molecule has 0 spiro atoms. The standard InChI is InChI=1S/C22H20N4O2/c1-15(2)28-20-10-7-17(8-11-20)25-19-9-12-21(24-14-19)22(27)26-18-5-3-16(13-23)4-6-18/h3-12,14-15,25H,1-2H3,(H,26,27). The first-order valence-corrected chi connectivity index (χ1v) is 8.85. The van der Waals surface area contributed by atoms with E-state index in [9.17, 15) is 4.79 Å². The third-order valence-corrected chi connectivity index (χ3v) is 3.78. The smallest absolute Gasteiger partial charge is 0.274 e. The monoisotopic (exact) mass is 372 g/mol. The number of nitriles is 1. The van der Waals surface area contributed by atoms with Crippen LogP contribution in [0.15, 0.2) is 66.9 Å². The Kier molecular flexibility index (Phi) is 5.87. The van der Waals surface area contributed by atoms with Gasteiger partial charge in [-0.15, -0.1) is 0 Å². The van der Waals surface area contributed by atoms with Crippen LogP contribution in [0.3, 0.4) is 0 Å². The zero-order chi connectivity index (χ0) is 19.9. The second kappa shape index (κ2) is 8.69. The van der Waals surface area contributed by atoms with Gasteiger partial charge >= 0.3 is 0 Å². The number of nitrogens with zero attached hydrogens (tertiary/aromatic N) is 2. The molecule has 2 aromatic carbocycles. The molecular weight excluding hydrogens is 352 g/mol. The number of pyridine rings is 1. The number of aromatic nitrogens is 1. The summed E-state index contributed by atoms with van der Waals surface area (Å²) < 4.78 is 5.62. The number of benzene rings is 2. The number of anilines is 3. The van der Waals surface area contributed by atoms with Gasteiger partial charge in [0.05, 0.1) is 29.6 Å². The summed E-state index contributed by atoms with van der Waals surface area (Å²) in [5, 5.41) is 14.8. The van der Waals surface area contributed by atoms with E-state index in [-0.39, 0.29) is 12.0 Å². The van der Waals surface area contributed by atoms with Crippen LogP contribution >= 0.6 is 0 Å². The Hall–Kier alpha value is -3.85. The van der Waals surface area contributed by atoms with Crippen molar-refractivity contribution in [2.24, 2.45) is 0 Å². The first-order chi connectivity index (χ1) is 13.5. The molecule has 0 aliphatic carbocycles. The molecule has 0 atom stereocenters. The summed E-state index contributed by atoms with van der Waals surface area (Å²) in [6, 6.07) is 19.8. The van der Waals surface area contributed by atoms with E-state index in [2.05, 4.69) is 15.6 Å². The van der Waals surface area contributed by atoms with Gasteiger partial charge in [0.2, 0.25) is 0 Å². The van der Waals surface area contributed by atoms with Gasteiger partial charge in [-0.1, -0.05) is 0 Å². The molecule has 1 amide bonds. The molecule has 0 saturated carbocycles. The molecule has 3 aromatic rings. The average Bonchev–Trinajstić information content (AvgIpc) is 2.70. The molecule has 0 saturated heterocycles. The van der Waals surface area contributed by atoms with E-state index in [1.165, 1.54) is 0 Å². The van der Waals surface area contributed by atoms with Gasteiger partial charge in [0.15, 0.2) is 0 Å². The van der Waals surface area contributed by atoms with Crippen molar-refractivity contribution in [3.8, 4) is 11.8 Å². The van der Waals surface area contributed by atoms with Crippen LogP contribution in [-0.2, 0) is 0 Å². The second-order valence-electron chi connectivity index (χ2n) is 6.39. The molecule has 6 nitrogen and oxygen atoms in total. The van der Waals surface area contributed by atoms with Gasteiger partial charge in [-0.25, -0.2) is 4.98 Å². The van der Waals surface area contributed by atoms with Crippen molar-refractivity contribution in [2.45, 2.75) is 20.0 Å². The Bertz CT molecular complexity index is 973. The lowest BCUT2D eigenvalue weighted by molar-refractivity contribution is 0.102. The lowest BCUT2D eigenvalue weighted by Gasteiger charge is -2.11. The summed E-state index contributed by atoms with van der Waals surface area (Å²) >= 11 is 0. The number of nitrogens with one attached hydrogen (secondary N) is 2. The van der Waals surface area contributed by atoms with E-state index in [0.29, 0.717) is 16.9 Å². The fourth-order valence-corrected chi connectivity index (χ4v) is 2.48. The molecule has 0 bridgehead atoms. The fraction of sp³-hybridized carbons (Fsp3) is 0.136. The van der Waals surface area contributed by atoms with E-state index < -0.39 is 0 Å². The first-order valence-electron chi connectivity index (χ1n) is 8.85. The Morgan fingerprint density at radius 3 is 2.18 bits per heavy atom. The molecule has 0 unspecified atom stereocenters. The van der Waals surface area contributed by atoms with Gasteiger partial charge in [0, 0.05) is 11.4 Å². The van der Waals surface area contributed by atoms with Gasteiger partial charge in [-0.2, -0.15) is 5.26 Å². The molecule has 0 aliphatic heterocycles. The number of amides is 1. The van der Waals surface area contributed by atoms with E-state index in [4.69, 9.17) is 10.00 Å². The zero-order valence-electron chi connectivity index (χ0n) is 15.6. The number of rotatable bonds is 6. The van der Waals surface area contributed by atoms with Crippen LogP contribution in [0, 0.1) is 11.3 Å². The maximum absolute atomic E-state index is 12.3. The number of hydrogen-bond donors (Lipinski definition) is 2. The van der Waals surface area contributed by atoms with Crippen molar-refractivity contribution >= 4 is 23.0 Å². The number of carbonyl (C=O) groups excluding carboxylic acids is 1. The summed E-state index contributed by atoms with van der Waals surface area (Å²) in [6.07, 6.45) is 1.73. The van der Waals surface area contributed by atoms with Crippen molar-refractivity contribution in [2.75, 3.05) is 10.6 Å². The summed E-state index contributed by atoms with van der Waals surface area (Å²) in [5.41, 5.74) is 3.11. The molecule has 28 heavy (non-hydrogen) atoms. The van der Waals surface area contributed by atoms with Gasteiger partial charge < -0.3 is 15.4 Å². The molecule has 1 aromatic heterocycles. The normalized spacial score (nSPS) is 10.2. The highest BCUT2D eigenvalue weighted by Crippen LogP contribution is 2.20. The van der Waals surface area contributed by atoms with Crippen LogP contribution in [0.25, 0.3) is 0 Å². The second-order valence-corrected chi connectivity index (χ2v) is 6.39. The van der Waals surface area contributed by atoms with Crippen LogP contribution in [-0.4, -0.2) is 17.0 Å². The van der Waals surface area contributed by atoms with Crippen LogP contribution < -0.4 is 15.4 Å². The quantitative estimate of drug-likeness (QED) is 0.653. The SMILES string of the molecule is CC(C)Oc1ccc(Nc2ccc(C(=O)Nc3ccc(C#N)cc3)nc2)cc1. The number of ether oxygens (including phenoxy) is 1. The Morgan fingerprint density at radius 2 is 1.61 bits per heavy atom. The van der Waals surface area contributed by atoms with E-state index in [1.807, 2.05) is 44.2 Å². The summed E-state index contributed by atoms with van der Waals surface area (Å²) in [4.78, 5) is 16.5. The van der Waals surface area contributed by atoms with Crippen LogP contribution in [0.1, 0.15) is 29.9 Å². The van der Waals surface area contributed by atoms with Gasteiger partial charge in [0.25, 0.3) is 5.91 Å². The molecule has 0 fully saturated rings. The number of hydrogen-bond acceptors (Lipinski definition) is 5. The fourth-order valence-electron chi connectivity index (χ4n) is 2.48. The van der Waals surface area contributed by atoms with Gasteiger partial charge in [-0.05, 0) is 74.5 Å². The average molecular weight is 372 g/mol. The van der Waals surface area contributed by atoms with Crippen molar-refractivity contribution in [1.82, 2.24) is 4.98 Å². The molecule has 1 heterocycles.